The Bertz CT molecular complexity index is 1170. The van der Waals surface area contributed by atoms with Crippen LogP contribution in [0.15, 0.2) is 42.6 Å². The molecule has 164 valence electrons. The second kappa shape index (κ2) is 9.33. The van der Waals surface area contributed by atoms with Crippen molar-refractivity contribution < 1.29 is 33.0 Å². The molecule has 1 heterocycles. The van der Waals surface area contributed by atoms with Crippen LogP contribution in [0.25, 0.3) is 0 Å². The summed E-state index contributed by atoms with van der Waals surface area (Å²) < 4.78 is 37.0. The third-order valence-corrected chi connectivity index (χ3v) is 5.70. The van der Waals surface area contributed by atoms with Crippen molar-refractivity contribution in [3.63, 3.8) is 0 Å². The predicted molar refractivity (Wildman–Crippen MR) is 115 cm³/mol. The molecule has 12 heteroatoms. The number of nitrogens with zero attached hydrogens (tertiary/aromatic N) is 1. The molecule has 0 aliphatic rings. The number of hydrogen-bond acceptors (Lipinski definition) is 6. The molecule has 0 unspecified atom stereocenters. The van der Waals surface area contributed by atoms with E-state index in [1.807, 2.05) is 0 Å². The van der Waals surface area contributed by atoms with Gasteiger partial charge in [-0.05, 0) is 38.1 Å². The van der Waals surface area contributed by atoms with Gasteiger partial charge in [0.15, 0.2) is 5.13 Å². The molecule has 31 heavy (non-hydrogen) atoms. The molecular formula is C19H17ClFN2O6PS. The average molecular weight is 487 g/mol. The van der Waals surface area contributed by atoms with Crippen LogP contribution < -0.4 is 20.1 Å². The van der Waals surface area contributed by atoms with Gasteiger partial charge >= 0.3 is 7.60 Å². The van der Waals surface area contributed by atoms with Crippen LogP contribution in [-0.2, 0) is 4.57 Å². The molecule has 0 aliphatic carbocycles. The number of aromatic nitrogens is 1. The number of thiazole rings is 1. The minimum atomic E-state index is -4.75. The standard InChI is InChI=1S/C19H17ClFN2O6PS/c1-10(2)28-13-5-11(18(24)23-19-22-9-17(20)31-19)6-14(7-13)29-12-3-4-16(15(21)8-12)30(25,26)27/h3-10H,1-2H3,(H,22,23,24)(H2,25,26,27). The molecule has 1 amide bonds. The summed E-state index contributed by atoms with van der Waals surface area (Å²) in [5.74, 6) is -1.13. The molecule has 0 saturated heterocycles. The fourth-order valence-corrected chi connectivity index (χ4v) is 3.93. The Kier molecular flexibility index (Phi) is 6.98. The van der Waals surface area contributed by atoms with E-state index in [0.717, 1.165) is 23.5 Å². The number of rotatable bonds is 7. The smallest absolute Gasteiger partial charge is 0.359 e. The van der Waals surface area contributed by atoms with E-state index in [1.165, 1.54) is 30.5 Å². The van der Waals surface area contributed by atoms with Gasteiger partial charge in [0.1, 0.15) is 27.4 Å². The average Bonchev–Trinajstić information content (AvgIpc) is 3.04. The number of benzene rings is 2. The van der Waals surface area contributed by atoms with Gasteiger partial charge < -0.3 is 19.3 Å². The van der Waals surface area contributed by atoms with Crippen molar-refractivity contribution in [3.8, 4) is 17.2 Å². The Labute approximate surface area is 185 Å². The largest absolute Gasteiger partial charge is 0.491 e. The topological polar surface area (TPSA) is 118 Å². The predicted octanol–water partition coefficient (Wildman–Crippen LogP) is 4.57. The zero-order valence-electron chi connectivity index (χ0n) is 16.2. The van der Waals surface area contributed by atoms with E-state index >= 15 is 0 Å². The van der Waals surface area contributed by atoms with Crippen LogP contribution in [0.2, 0.25) is 4.34 Å². The number of carbonyl (C=O) groups is 1. The van der Waals surface area contributed by atoms with E-state index in [4.69, 9.17) is 30.9 Å². The van der Waals surface area contributed by atoms with E-state index in [1.54, 1.807) is 13.8 Å². The summed E-state index contributed by atoms with van der Waals surface area (Å²) in [6, 6.07) is 7.43. The lowest BCUT2D eigenvalue weighted by molar-refractivity contribution is 0.102. The lowest BCUT2D eigenvalue weighted by atomic mass is 10.2. The molecule has 0 atom stereocenters. The fraction of sp³-hybridized carbons (Fsp3) is 0.158. The second-order valence-corrected chi connectivity index (χ2v) is 9.77. The van der Waals surface area contributed by atoms with Gasteiger partial charge in [0.25, 0.3) is 5.91 Å². The Hall–Kier alpha value is -2.49. The maximum absolute atomic E-state index is 14.1. The van der Waals surface area contributed by atoms with Crippen molar-refractivity contribution in [3.05, 3.63) is 58.3 Å². The lowest BCUT2D eigenvalue weighted by Crippen LogP contribution is -2.13. The minimum Gasteiger partial charge on any atom is -0.491 e. The van der Waals surface area contributed by atoms with Gasteiger partial charge in [-0.3, -0.25) is 14.7 Å². The molecule has 0 spiro atoms. The maximum Gasteiger partial charge on any atom is 0.359 e. The normalized spacial score (nSPS) is 11.5. The third kappa shape index (κ3) is 6.25. The molecule has 8 nitrogen and oxygen atoms in total. The molecule has 0 fully saturated rings. The monoisotopic (exact) mass is 486 g/mol. The number of ether oxygens (including phenoxy) is 2. The van der Waals surface area contributed by atoms with Crippen molar-refractivity contribution >= 4 is 46.9 Å². The molecule has 3 aromatic rings. The van der Waals surface area contributed by atoms with Crippen molar-refractivity contribution in [2.24, 2.45) is 0 Å². The number of anilines is 1. The summed E-state index contributed by atoms with van der Waals surface area (Å²) in [6.07, 6.45) is 1.22. The van der Waals surface area contributed by atoms with Crippen LogP contribution in [0.5, 0.6) is 17.2 Å². The first-order valence-corrected chi connectivity index (χ1v) is 11.6. The third-order valence-electron chi connectivity index (χ3n) is 3.68. The van der Waals surface area contributed by atoms with Crippen molar-refractivity contribution in [2.75, 3.05) is 5.32 Å². The van der Waals surface area contributed by atoms with Gasteiger partial charge in [0, 0.05) is 17.7 Å². The van der Waals surface area contributed by atoms with Gasteiger partial charge in [-0.2, -0.15) is 0 Å². The minimum absolute atomic E-state index is 0.0190. The summed E-state index contributed by atoms with van der Waals surface area (Å²) >= 11 is 6.92. The van der Waals surface area contributed by atoms with Crippen LogP contribution in [-0.4, -0.2) is 26.8 Å². The molecule has 3 rings (SSSR count). The Balaban J connectivity index is 1.90. The summed E-state index contributed by atoms with van der Waals surface area (Å²) in [5.41, 5.74) is 0.187. The van der Waals surface area contributed by atoms with Crippen LogP contribution in [0.4, 0.5) is 9.52 Å². The number of amides is 1. The molecule has 0 saturated carbocycles. The second-order valence-electron chi connectivity index (χ2n) is 6.54. The van der Waals surface area contributed by atoms with Crippen LogP contribution in [0, 0.1) is 5.82 Å². The van der Waals surface area contributed by atoms with E-state index in [2.05, 4.69) is 10.3 Å². The van der Waals surface area contributed by atoms with Gasteiger partial charge in [-0.15, -0.1) is 0 Å². The number of halogens is 2. The number of hydrogen-bond donors (Lipinski definition) is 3. The fourth-order valence-electron chi connectivity index (χ4n) is 2.51. The number of carbonyl (C=O) groups excluding carboxylic acids is 1. The van der Waals surface area contributed by atoms with E-state index in [-0.39, 0.29) is 23.2 Å². The molecule has 3 N–H and O–H groups in total. The highest BCUT2D eigenvalue weighted by Crippen LogP contribution is 2.36. The van der Waals surface area contributed by atoms with E-state index in [0.29, 0.717) is 15.2 Å². The van der Waals surface area contributed by atoms with E-state index in [9.17, 15) is 13.8 Å². The first kappa shape index (κ1) is 23.2. The van der Waals surface area contributed by atoms with Gasteiger partial charge in [-0.25, -0.2) is 9.37 Å². The quantitative estimate of drug-likeness (QED) is 0.419. The Morgan fingerprint density at radius 3 is 2.48 bits per heavy atom. The zero-order valence-corrected chi connectivity index (χ0v) is 18.7. The molecule has 0 radical (unpaired) electrons. The van der Waals surface area contributed by atoms with Crippen molar-refractivity contribution in [2.45, 2.75) is 20.0 Å². The maximum atomic E-state index is 14.1. The summed E-state index contributed by atoms with van der Waals surface area (Å²) in [5, 5.41) is 2.18. The highest BCUT2D eigenvalue weighted by molar-refractivity contribution is 7.60. The lowest BCUT2D eigenvalue weighted by Gasteiger charge is -2.14. The van der Waals surface area contributed by atoms with Crippen LogP contribution in [0.1, 0.15) is 24.2 Å². The first-order valence-electron chi connectivity index (χ1n) is 8.79. The molecule has 0 aliphatic heterocycles. The van der Waals surface area contributed by atoms with Crippen LogP contribution in [0.3, 0.4) is 0 Å². The van der Waals surface area contributed by atoms with E-state index < -0.39 is 24.6 Å². The van der Waals surface area contributed by atoms with Crippen molar-refractivity contribution in [1.29, 1.82) is 0 Å². The summed E-state index contributed by atoms with van der Waals surface area (Å²) in [6.45, 7) is 3.61. The highest BCUT2D eigenvalue weighted by Gasteiger charge is 2.22. The molecule has 0 bridgehead atoms. The molecule has 1 aromatic heterocycles. The van der Waals surface area contributed by atoms with Gasteiger partial charge in [0.2, 0.25) is 0 Å². The van der Waals surface area contributed by atoms with Gasteiger partial charge in [-0.1, -0.05) is 22.9 Å². The number of nitrogens with one attached hydrogen (secondary N) is 1. The Morgan fingerprint density at radius 1 is 1.19 bits per heavy atom. The highest BCUT2D eigenvalue weighted by atomic mass is 35.5. The molecular weight excluding hydrogens is 470 g/mol. The molecule has 2 aromatic carbocycles. The summed E-state index contributed by atoms with van der Waals surface area (Å²) in [7, 11) is -4.75. The van der Waals surface area contributed by atoms with Crippen molar-refractivity contribution in [1.82, 2.24) is 4.98 Å². The zero-order chi connectivity index (χ0) is 22.8. The van der Waals surface area contributed by atoms with Gasteiger partial charge in [0.05, 0.1) is 17.6 Å². The Morgan fingerprint density at radius 2 is 1.90 bits per heavy atom. The summed E-state index contributed by atoms with van der Waals surface area (Å²) in [4.78, 5) is 34.9. The first-order chi connectivity index (χ1) is 14.5. The van der Waals surface area contributed by atoms with Crippen LogP contribution >= 0.6 is 30.5 Å². The SMILES string of the molecule is CC(C)Oc1cc(Oc2ccc(P(=O)(O)O)c(F)c2)cc(C(=O)Nc2ncc(Cl)s2)c1.